The normalized spacial score (nSPS) is 13.0. The zero-order valence-corrected chi connectivity index (χ0v) is 10.7. The highest BCUT2D eigenvalue weighted by atomic mass is 35.6. The van der Waals surface area contributed by atoms with Crippen molar-refractivity contribution in [2.24, 2.45) is 0 Å². The molecule has 1 rings (SSSR count). The zero-order chi connectivity index (χ0) is 11.0. The van der Waals surface area contributed by atoms with Gasteiger partial charge in [0, 0.05) is 14.1 Å². The quantitative estimate of drug-likeness (QED) is 0.704. The Morgan fingerprint density at radius 2 is 1.43 bits per heavy atom. The highest BCUT2D eigenvalue weighted by Gasteiger charge is 2.37. The topological polar surface area (TPSA) is 0 Å². The van der Waals surface area contributed by atoms with Crippen LogP contribution in [0.5, 0.6) is 0 Å². The molecule has 0 saturated carbocycles. The SMILES string of the molecule is Cc1ccc([N+](C)(C)[B-](Cl)(Cl)Cl)cc1. The lowest BCUT2D eigenvalue weighted by atomic mass is 10.1. The Bertz CT molecular complexity index is 316. The highest BCUT2D eigenvalue weighted by molar-refractivity contribution is 7.64. The number of aryl methyl sites for hydroxylation is 1. The molecule has 1 aromatic rings. The van der Waals surface area contributed by atoms with E-state index in [0.717, 1.165) is 5.69 Å². The molecule has 0 unspecified atom stereocenters. The van der Waals surface area contributed by atoms with E-state index in [1.165, 1.54) is 5.56 Å². The molecule has 0 aliphatic carbocycles. The number of hydrogen-bond donors (Lipinski definition) is 0. The Hall–Kier alpha value is 0.115. The van der Waals surface area contributed by atoms with Gasteiger partial charge in [-0.1, -0.05) is 17.7 Å². The Morgan fingerprint density at radius 3 is 1.79 bits per heavy atom. The van der Waals surface area contributed by atoms with Gasteiger partial charge >= 0.3 is 4.53 Å². The summed E-state index contributed by atoms with van der Waals surface area (Å²) in [4.78, 5) is 0. The predicted octanol–water partition coefficient (Wildman–Crippen LogP) is 3.71. The van der Waals surface area contributed by atoms with Crippen molar-refractivity contribution in [1.82, 2.24) is 4.39 Å². The van der Waals surface area contributed by atoms with Gasteiger partial charge < -0.3 is 4.39 Å². The lowest BCUT2D eigenvalue weighted by molar-refractivity contribution is 0.628. The van der Waals surface area contributed by atoms with Crippen LogP contribution in [0.25, 0.3) is 0 Å². The Balaban J connectivity index is 3.10. The van der Waals surface area contributed by atoms with Gasteiger partial charge in [0.2, 0.25) is 0 Å². The summed E-state index contributed by atoms with van der Waals surface area (Å²) in [5.74, 6) is 0. The van der Waals surface area contributed by atoms with E-state index in [-0.39, 0.29) is 4.39 Å². The van der Waals surface area contributed by atoms with Crippen LogP contribution >= 0.6 is 34.4 Å². The van der Waals surface area contributed by atoms with E-state index in [4.69, 9.17) is 34.4 Å². The Morgan fingerprint density at radius 1 is 1.00 bits per heavy atom. The molecule has 0 spiro atoms. The first-order valence-electron chi connectivity index (χ1n) is 4.35. The van der Waals surface area contributed by atoms with E-state index in [0.29, 0.717) is 0 Å². The number of halogens is 3. The molecule has 1 nitrogen and oxygen atoms in total. The summed E-state index contributed by atoms with van der Waals surface area (Å²) in [7, 11) is 3.77. The fourth-order valence-electron chi connectivity index (χ4n) is 1.10. The smallest absolute Gasteiger partial charge is 0.446 e. The van der Waals surface area contributed by atoms with E-state index in [9.17, 15) is 0 Å². The maximum atomic E-state index is 5.96. The van der Waals surface area contributed by atoms with Crippen molar-refractivity contribution in [2.75, 3.05) is 14.1 Å². The fourth-order valence-corrected chi connectivity index (χ4v) is 1.44. The number of nitrogens with zero attached hydrogens (tertiary/aromatic N) is 1. The van der Waals surface area contributed by atoms with E-state index >= 15 is 0 Å². The van der Waals surface area contributed by atoms with Gasteiger partial charge in [0.05, 0.1) is 5.69 Å². The predicted molar refractivity (Wildman–Crippen MR) is 68.1 cm³/mol. The standard InChI is InChI=1S/C9H13BCl3N/c1-8-4-6-9(7-5-8)14(2,3)10(11,12)13/h4-7H,1-3H3. The van der Waals surface area contributed by atoms with Gasteiger partial charge in [-0.25, -0.2) is 0 Å². The molecule has 0 aliphatic rings. The molecule has 78 valence electrons. The van der Waals surface area contributed by atoms with Crippen LogP contribution in [0.2, 0.25) is 0 Å². The van der Waals surface area contributed by atoms with Gasteiger partial charge in [-0.15, -0.1) is 0 Å². The first-order chi connectivity index (χ1) is 6.25. The van der Waals surface area contributed by atoms with Crippen molar-refractivity contribution >= 4 is 44.6 Å². The van der Waals surface area contributed by atoms with Crippen molar-refractivity contribution < 1.29 is 0 Å². The third-order valence-electron chi connectivity index (χ3n) is 2.43. The number of quaternary nitrogens is 1. The monoisotopic (exact) mass is 251 g/mol. The second-order valence-corrected chi connectivity index (χ2v) is 6.48. The van der Waals surface area contributed by atoms with Crippen LogP contribution in [0.4, 0.5) is 5.69 Å². The maximum absolute atomic E-state index is 5.96. The molecule has 0 saturated heterocycles. The largest absolute Gasteiger partial charge is 0.467 e. The minimum absolute atomic E-state index is 0.269. The first kappa shape index (κ1) is 12.2. The molecule has 0 fully saturated rings. The van der Waals surface area contributed by atoms with Gasteiger partial charge in [0.25, 0.3) is 0 Å². The second-order valence-electron chi connectivity index (χ2n) is 3.92. The number of hydrogen-bond acceptors (Lipinski definition) is 0. The van der Waals surface area contributed by atoms with Gasteiger partial charge in [-0.2, -0.15) is 0 Å². The van der Waals surface area contributed by atoms with Crippen LogP contribution < -0.4 is 4.39 Å². The molecule has 14 heavy (non-hydrogen) atoms. The van der Waals surface area contributed by atoms with Crippen molar-refractivity contribution in [1.29, 1.82) is 0 Å². The minimum atomic E-state index is -2.00. The minimum Gasteiger partial charge on any atom is -0.446 e. The van der Waals surface area contributed by atoms with E-state index in [1.54, 1.807) is 0 Å². The summed E-state index contributed by atoms with van der Waals surface area (Å²) in [6.45, 7) is 2.03. The lowest BCUT2D eigenvalue weighted by Crippen LogP contribution is -2.55. The molecule has 5 heteroatoms. The molecule has 1 aromatic carbocycles. The van der Waals surface area contributed by atoms with Gasteiger partial charge in [0.15, 0.2) is 0 Å². The van der Waals surface area contributed by atoms with Crippen LogP contribution in [0.15, 0.2) is 24.3 Å². The molecule has 0 aromatic heterocycles. The Labute approximate surface area is 99.8 Å². The van der Waals surface area contributed by atoms with Crippen LogP contribution in [-0.4, -0.2) is 18.6 Å². The summed E-state index contributed by atoms with van der Waals surface area (Å²) < 4.78 is -1.73. The molecular formula is C9H13BCl3N. The summed E-state index contributed by atoms with van der Waals surface area (Å²) in [6, 6.07) is 8.00. The summed E-state index contributed by atoms with van der Waals surface area (Å²) in [5, 5.41) is 0. The van der Waals surface area contributed by atoms with E-state index in [2.05, 4.69) is 0 Å². The average Bonchev–Trinajstić information content (AvgIpc) is 2.03. The molecule has 0 N–H and O–H groups in total. The Kier molecular flexibility index (Phi) is 3.43. The molecule has 0 heterocycles. The first-order valence-corrected chi connectivity index (χ1v) is 5.66. The van der Waals surface area contributed by atoms with Gasteiger partial charge in [-0.3, -0.25) is 34.4 Å². The molecule has 0 aliphatic heterocycles. The van der Waals surface area contributed by atoms with Crippen LogP contribution in [0.1, 0.15) is 5.56 Å². The molecule has 0 amide bonds. The van der Waals surface area contributed by atoms with Crippen LogP contribution in [0, 0.1) is 6.92 Å². The molecular weight excluding hydrogens is 239 g/mol. The number of rotatable bonds is 2. The zero-order valence-electron chi connectivity index (χ0n) is 8.47. The third kappa shape index (κ3) is 2.37. The summed E-state index contributed by atoms with van der Waals surface area (Å²) in [6.07, 6.45) is 0. The van der Waals surface area contributed by atoms with Crippen molar-refractivity contribution in [3.05, 3.63) is 29.8 Å². The summed E-state index contributed by atoms with van der Waals surface area (Å²) in [5.41, 5.74) is 2.20. The molecule has 0 atom stereocenters. The van der Waals surface area contributed by atoms with Crippen molar-refractivity contribution in [2.45, 2.75) is 6.92 Å². The molecule has 0 radical (unpaired) electrons. The van der Waals surface area contributed by atoms with Gasteiger partial charge in [0.1, 0.15) is 0 Å². The van der Waals surface area contributed by atoms with Crippen LogP contribution in [0.3, 0.4) is 0 Å². The summed E-state index contributed by atoms with van der Waals surface area (Å²) >= 11 is 17.9. The maximum Gasteiger partial charge on any atom is 0.467 e. The van der Waals surface area contributed by atoms with Crippen molar-refractivity contribution in [3.8, 4) is 0 Å². The molecule has 0 bridgehead atoms. The van der Waals surface area contributed by atoms with Crippen molar-refractivity contribution in [3.63, 3.8) is 0 Å². The third-order valence-corrected chi connectivity index (χ3v) is 3.90. The van der Waals surface area contributed by atoms with Crippen LogP contribution in [-0.2, 0) is 0 Å². The average molecular weight is 252 g/mol. The highest BCUT2D eigenvalue weighted by Crippen LogP contribution is 2.34. The van der Waals surface area contributed by atoms with E-state index < -0.39 is 4.53 Å². The number of benzene rings is 1. The second kappa shape index (κ2) is 3.94. The van der Waals surface area contributed by atoms with E-state index in [1.807, 2.05) is 45.3 Å². The fraction of sp³-hybridized carbons (Fsp3) is 0.333. The lowest BCUT2D eigenvalue weighted by Gasteiger charge is -2.44. The van der Waals surface area contributed by atoms with Gasteiger partial charge in [-0.05, 0) is 19.1 Å².